The normalized spacial score (nSPS) is 10.1. The number of hydrogen-bond acceptors (Lipinski definition) is 8. The molecule has 0 N–H and O–H groups in total. The number of esters is 2. The van der Waals surface area contributed by atoms with Crippen molar-refractivity contribution in [2.45, 2.75) is 51.4 Å². The fourth-order valence-electron chi connectivity index (χ4n) is 4.78. The lowest BCUT2D eigenvalue weighted by molar-refractivity contribution is -0.138. The molecule has 2 aromatic heterocycles. The summed E-state index contributed by atoms with van der Waals surface area (Å²) in [6.45, 7) is 8.88. The van der Waals surface area contributed by atoms with Gasteiger partial charge in [0.05, 0.1) is 26.4 Å². The Hall–Kier alpha value is -6.12. The minimum absolute atomic E-state index is 0.375. The number of pyridine rings is 2. The van der Waals surface area contributed by atoms with Crippen molar-refractivity contribution < 1.29 is 28.5 Å². The lowest BCUT2D eigenvalue weighted by Gasteiger charge is -2.06. The molecule has 8 nitrogen and oxygen atoms in total. The van der Waals surface area contributed by atoms with E-state index in [0.29, 0.717) is 37.8 Å². The SMILES string of the molecule is C=CC(=O)OCCCCCCOc1ccc(C#Cc2ccc(-c3ccc(C#Cc4ccc(OCCCCCCOC(=O)C=C)cc4)nc3)cn2)cc1. The zero-order chi connectivity index (χ0) is 36.6. The van der Waals surface area contributed by atoms with Crippen LogP contribution in [-0.2, 0) is 19.1 Å². The predicted molar refractivity (Wildman–Crippen MR) is 203 cm³/mol. The molecule has 0 aliphatic carbocycles. The van der Waals surface area contributed by atoms with Crippen LogP contribution in [0, 0.1) is 23.7 Å². The highest BCUT2D eigenvalue weighted by atomic mass is 16.5. The van der Waals surface area contributed by atoms with E-state index in [1.807, 2.05) is 72.8 Å². The molecule has 2 aromatic carbocycles. The van der Waals surface area contributed by atoms with Crippen molar-refractivity contribution in [3.63, 3.8) is 0 Å². The summed E-state index contributed by atoms with van der Waals surface area (Å²) in [5.41, 5.74) is 5.00. The fourth-order valence-corrected chi connectivity index (χ4v) is 4.78. The number of benzene rings is 2. The van der Waals surface area contributed by atoms with Crippen LogP contribution < -0.4 is 9.47 Å². The standard InChI is InChI=1S/C44H44N2O6/c1-3-43(47)51-31-11-7-5-9-29-49-41-25-15-35(16-26-41)13-21-39-23-19-37(33-45-39)38-20-24-40(46-34-38)22-14-36-17-27-42(28-18-36)50-30-10-6-8-12-32-52-44(48)4-2/h3-4,15-20,23-28,33-34H,1-2,5-12,29-32H2. The molecule has 52 heavy (non-hydrogen) atoms. The number of unbranched alkanes of at least 4 members (excludes halogenated alkanes) is 6. The molecule has 8 heteroatoms. The Balaban J connectivity index is 1.15. The maximum Gasteiger partial charge on any atom is 0.330 e. The molecule has 4 aromatic rings. The predicted octanol–water partition coefficient (Wildman–Crippen LogP) is 8.28. The highest BCUT2D eigenvalue weighted by molar-refractivity contribution is 5.81. The Morgan fingerprint density at radius 3 is 1.23 bits per heavy atom. The molecule has 0 saturated carbocycles. The van der Waals surface area contributed by atoms with E-state index in [4.69, 9.17) is 18.9 Å². The summed E-state index contributed by atoms with van der Waals surface area (Å²) in [6, 6.07) is 23.2. The quantitative estimate of drug-likeness (QED) is 0.0418. The summed E-state index contributed by atoms with van der Waals surface area (Å²) in [6.07, 6.45) is 13.5. The zero-order valence-electron chi connectivity index (χ0n) is 29.5. The molecule has 0 aliphatic heterocycles. The second-order valence-corrected chi connectivity index (χ2v) is 11.7. The van der Waals surface area contributed by atoms with Crippen LogP contribution in [0.25, 0.3) is 11.1 Å². The van der Waals surface area contributed by atoms with Crippen molar-refractivity contribution in [2.24, 2.45) is 0 Å². The minimum atomic E-state index is -0.375. The molecule has 0 amide bonds. The molecule has 0 saturated heterocycles. The van der Waals surface area contributed by atoms with Gasteiger partial charge in [0, 0.05) is 46.8 Å². The first-order chi connectivity index (χ1) is 25.5. The molecule has 266 valence electrons. The van der Waals surface area contributed by atoms with E-state index in [0.717, 1.165) is 85.1 Å². The highest BCUT2D eigenvalue weighted by Crippen LogP contribution is 2.18. The molecule has 0 spiro atoms. The maximum atomic E-state index is 11.0. The molecule has 0 aliphatic rings. The van der Waals surface area contributed by atoms with Crippen LogP contribution >= 0.6 is 0 Å². The van der Waals surface area contributed by atoms with E-state index in [9.17, 15) is 9.59 Å². The number of carbonyl (C=O) groups is 2. The number of carbonyl (C=O) groups excluding carboxylic acids is 2. The summed E-state index contributed by atoms with van der Waals surface area (Å²) < 4.78 is 21.6. The number of ether oxygens (including phenoxy) is 4. The van der Waals surface area contributed by atoms with Crippen LogP contribution in [0.2, 0.25) is 0 Å². The van der Waals surface area contributed by atoms with Crippen LogP contribution in [0.4, 0.5) is 0 Å². The highest BCUT2D eigenvalue weighted by Gasteiger charge is 2.02. The van der Waals surface area contributed by atoms with E-state index in [2.05, 4.69) is 46.8 Å². The second-order valence-electron chi connectivity index (χ2n) is 11.7. The molecule has 0 atom stereocenters. The largest absolute Gasteiger partial charge is 0.494 e. The zero-order valence-corrected chi connectivity index (χ0v) is 29.5. The second kappa shape index (κ2) is 22.6. The number of nitrogens with zero attached hydrogens (tertiary/aromatic N) is 2. The summed E-state index contributed by atoms with van der Waals surface area (Å²) in [7, 11) is 0. The van der Waals surface area contributed by atoms with E-state index in [1.54, 1.807) is 12.4 Å². The Morgan fingerprint density at radius 2 is 0.885 bits per heavy atom. The first-order valence-corrected chi connectivity index (χ1v) is 17.5. The molecular weight excluding hydrogens is 652 g/mol. The van der Waals surface area contributed by atoms with Gasteiger partial charge in [0.15, 0.2) is 0 Å². The van der Waals surface area contributed by atoms with Gasteiger partial charge in [-0.25, -0.2) is 19.6 Å². The van der Waals surface area contributed by atoms with Gasteiger partial charge in [0.2, 0.25) is 0 Å². The summed E-state index contributed by atoms with van der Waals surface area (Å²) >= 11 is 0. The topological polar surface area (TPSA) is 96.8 Å². The van der Waals surface area contributed by atoms with E-state index in [1.165, 1.54) is 12.2 Å². The third kappa shape index (κ3) is 14.8. The van der Waals surface area contributed by atoms with Gasteiger partial charge in [-0.3, -0.25) is 0 Å². The average Bonchev–Trinajstić information content (AvgIpc) is 3.19. The molecule has 0 unspecified atom stereocenters. The van der Waals surface area contributed by atoms with Crippen molar-refractivity contribution in [2.75, 3.05) is 26.4 Å². The number of rotatable bonds is 19. The van der Waals surface area contributed by atoms with Crippen molar-refractivity contribution in [3.8, 4) is 46.3 Å². The minimum Gasteiger partial charge on any atom is -0.494 e. The van der Waals surface area contributed by atoms with Gasteiger partial charge in [-0.2, -0.15) is 0 Å². The molecule has 0 radical (unpaired) electrons. The van der Waals surface area contributed by atoms with Crippen LogP contribution in [0.1, 0.15) is 73.9 Å². The van der Waals surface area contributed by atoms with Crippen molar-refractivity contribution in [1.82, 2.24) is 9.97 Å². The van der Waals surface area contributed by atoms with Crippen molar-refractivity contribution in [3.05, 3.63) is 133 Å². The van der Waals surface area contributed by atoms with Gasteiger partial charge in [0.25, 0.3) is 0 Å². The third-order valence-electron chi connectivity index (χ3n) is 7.68. The lowest BCUT2D eigenvalue weighted by atomic mass is 10.1. The van der Waals surface area contributed by atoms with Crippen LogP contribution in [0.15, 0.2) is 111 Å². The van der Waals surface area contributed by atoms with Gasteiger partial charge >= 0.3 is 11.9 Å². The van der Waals surface area contributed by atoms with Crippen LogP contribution in [-0.4, -0.2) is 48.3 Å². The van der Waals surface area contributed by atoms with Crippen molar-refractivity contribution >= 4 is 11.9 Å². The number of hydrogen-bond donors (Lipinski definition) is 0. The Bertz CT molecular complexity index is 1700. The van der Waals surface area contributed by atoms with Gasteiger partial charge in [-0.15, -0.1) is 0 Å². The van der Waals surface area contributed by atoms with Gasteiger partial charge < -0.3 is 18.9 Å². The average molecular weight is 697 g/mol. The molecule has 0 fully saturated rings. The first-order valence-electron chi connectivity index (χ1n) is 17.5. The molecular formula is C44H44N2O6. The summed E-state index contributed by atoms with van der Waals surface area (Å²) in [4.78, 5) is 31.1. The fraction of sp³-hybridized carbons (Fsp3) is 0.273. The van der Waals surface area contributed by atoms with Gasteiger partial charge in [-0.05, 0) is 136 Å². The Morgan fingerprint density at radius 1 is 0.500 bits per heavy atom. The maximum absolute atomic E-state index is 11.0. The van der Waals surface area contributed by atoms with E-state index in [-0.39, 0.29) is 11.9 Å². The Kier molecular flexibility index (Phi) is 16.8. The monoisotopic (exact) mass is 696 g/mol. The Labute approximate surface area is 306 Å². The first kappa shape index (κ1) is 38.7. The summed E-state index contributed by atoms with van der Waals surface area (Å²) in [5.74, 6) is 13.4. The van der Waals surface area contributed by atoms with Gasteiger partial charge in [0.1, 0.15) is 22.9 Å². The summed E-state index contributed by atoms with van der Waals surface area (Å²) in [5, 5.41) is 0. The molecule has 0 bridgehead atoms. The smallest absolute Gasteiger partial charge is 0.330 e. The van der Waals surface area contributed by atoms with E-state index >= 15 is 0 Å². The third-order valence-corrected chi connectivity index (χ3v) is 7.68. The van der Waals surface area contributed by atoms with Crippen LogP contribution in [0.5, 0.6) is 11.5 Å². The lowest BCUT2D eigenvalue weighted by Crippen LogP contribution is -2.02. The van der Waals surface area contributed by atoms with E-state index < -0.39 is 0 Å². The van der Waals surface area contributed by atoms with Crippen LogP contribution in [0.3, 0.4) is 0 Å². The van der Waals surface area contributed by atoms with Gasteiger partial charge in [-0.1, -0.05) is 25.0 Å². The van der Waals surface area contributed by atoms with Crippen molar-refractivity contribution in [1.29, 1.82) is 0 Å². The number of aromatic nitrogens is 2. The molecule has 2 heterocycles. The molecule has 4 rings (SSSR count).